The van der Waals surface area contributed by atoms with Gasteiger partial charge in [-0.25, -0.2) is 9.36 Å². The number of rotatable bonds is 4. The van der Waals surface area contributed by atoms with Crippen LogP contribution >= 0.6 is 22.9 Å². The van der Waals surface area contributed by atoms with Gasteiger partial charge in [0.15, 0.2) is 0 Å². The fraction of sp³-hybridized carbons (Fsp3) is 0.0625. The molecule has 3 rings (SSSR count). The van der Waals surface area contributed by atoms with Crippen molar-refractivity contribution >= 4 is 51.6 Å². The number of aromatic hydroxyl groups is 1. The second-order valence-corrected chi connectivity index (χ2v) is 6.44. The number of thiophene rings is 1. The van der Waals surface area contributed by atoms with Crippen LogP contribution in [0.5, 0.6) is 5.88 Å². The minimum absolute atomic E-state index is 0.0644. The average molecular weight is 379 g/mol. The molecule has 0 aliphatic rings. The molecule has 0 aliphatic heterocycles. The molecule has 1 aromatic carbocycles. The number of carbonyl (C=O) groups is 3. The van der Waals surface area contributed by atoms with Crippen LogP contribution in [0, 0.1) is 0 Å². The van der Waals surface area contributed by atoms with Gasteiger partial charge in [0.2, 0.25) is 11.7 Å². The lowest BCUT2D eigenvalue weighted by atomic mass is 10.1. The molecule has 0 spiro atoms. The molecule has 2 heterocycles. The third-order valence-corrected chi connectivity index (χ3v) is 4.57. The first-order chi connectivity index (χ1) is 11.9. The van der Waals surface area contributed by atoms with Crippen molar-refractivity contribution in [3.8, 4) is 5.88 Å². The van der Waals surface area contributed by atoms with Crippen LogP contribution < -0.4 is 5.32 Å². The summed E-state index contributed by atoms with van der Waals surface area (Å²) >= 11 is 7.18. The average Bonchev–Trinajstić information content (AvgIpc) is 3.17. The number of carbonyl (C=O) groups excluding carboxylic acids is 2. The summed E-state index contributed by atoms with van der Waals surface area (Å²) in [5.41, 5.74) is 0.176. The van der Waals surface area contributed by atoms with Gasteiger partial charge in [0.05, 0.1) is 16.0 Å². The molecule has 128 valence electrons. The molecule has 0 fully saturated rings. The van der Waals surface area contributed by atoms with E-state index in [0.29, 0.717) is 15.3 Å². The van der Waals surface area contributed by atoms with Gasteiger partial charge in [0.25, 0.3) is 0 Å². The van der Waals surface area contributed by atoms with Gasteiger partial charge in [-0.15, -0.1) is 11.3 Å². The Kier molecular flexibility index (Phi) is 4.47. The Morgan fingerprint density at radius 2 is 2.00 bits per heavy atom. The number of aliphatic carboxylic acids is 1. The number of nitrogens with one attached hydrogen (secondary N) is 1. The first kappa shape index (κ1) is 17.0. The molecule has 0 atom stereocenters. The van der Waals surface area contributed by atoms with Crippen molar-refractivity contribution < 1.29 is 24.6 Å². The van der Waals surface area contributed by atoms with E-state index in [0.717, 1.165) is 4.57 Å². The number of amides is 1. The summed E-state index contributed by atoms with van der Waals surface area (Å²) in [5.74, 6) is -2.26. The molecule has 9 heteroatoms. The number of aromatic nitrogens is 1. The number of hydrogen-bond acceptors (Lipinski definition) is 5. The molecule has 7 nitrogen and oxygen atoms in total. The van der Waals surface area contributed by atoms with E-state index in [4.69, 9.17) is 16.7 Å². The summed E-state index contributed by atoms with van der Waals surface area (Å²) in [4.78, 5) is 36.0. The zero-order valence-electron chi connectivity index (χ0n) is 12.5. The standard InChI is InChI=1S/C16H11ClN2O5S/c17-8-3-4-10-9(6-8)13(14(22)11-2-1-5-25-11)15(23)19(10)16(24)18-7-12(20)21/h1-6,23H,7H2,(H,18,24)(H,20,21). The van der Waals surface area contributed by atoms with Crippen LogP contribution in [0.1, 0.15) is 15.2 Å². The minimum Gasteiger partial charge on any atom is -0.494 e. The normalized spacial score (nSPS) is 10.8. The minimum atomic E-state index is -1.23. The first-order valence-electron chi connectivity index (χ1n) is 7.01. The Labute approximate surface area is 150 Å². The van der Waals surface area contributed by atoms with Gasteiger partial charge in [-0.05, 0) is 29.6 Å². The molecular weight excluding hydrogens is 368 g/mol. The molecule has 0 aliphatic carbocycles. The van der Waals surface area contributed by atoms with Crippen molar-refractivity contribution in [1.82, 2.24) is 9.88 Å². The molecule has 1 amide bonds. The topological polar surface area (TPSA) is 109 Å². The highest BCUT2D eigenvalue weighted by molar-refractivity contribution is 7.12. The van der Waals surface area contributed by atoms with E-state index in [2.05, 4.69) is 5.32 Å². The van der Waals surface area contributed by atoms with Crippen LogP contribution in [-0.2, 0) is 4.79 Å². The molecule has 0 saturated carbocycles. The maximum atomic E-state index is 12.7. The summed E-state index contributed by atoms with van der Waals surface area (Å²) in [5, 5.41) is 23.7. The highest BCUT2D eigenvalue weighted by Crippen LogP contribution is 2.35. The number of benzene rings is 1. The van der Waals surface area contributed by atoms with Crippen LogP contribution in [0.3, 0.4) is 0 Å². The third kappa shape index (κ3) is 3.09. The quantitative estimate of drug-likeness (QED) is 0.605. The first-order valence-corrected chi connectivity index (χ1v) is 8.27. The lowest BCUT2D eigenvalue weighted by Gasteiger charge is -2.06. The smallest absolute Gasteiger partial charge is 0.329 e. The molecule has 0 saturated heterocycles. The van der Waals surface area contributed by atoms with E-state index < -0.39 is 30.2 Å². The summed E-state index contributed by atoms with van der Waals surface area (Å²) in [6.07, 6.45) is 0. The molecule has 3 N–H and O–H groups in total. The van der Waals surface area contributed by atoms with Crippen LogP contribution in [0.2, 0.25) is 5.02 Å². The van der Waals surface area contributed by atoms with Gasteiger partial charge < -0.3 is 15.5 Å². The zero-order valence-corrected chi connectivity index (χ0v) is 14.1. The van der Waals surface area contributed by atoms with Crippen LogP contribution in [0.4, 0.5) is 4.79 Å². The fourth-order valence-electron chi connectivity index (χ4n) is 2.44. The van der Waals surface area contributed by atoms with Gasteiger partial charge >= 0.3 is 12.0 Å². The molecule has 0 radical (unpaired) electrons. The third-order valence-electron chi connectivity index (χ3n) is 3.47. The van der Waals surface area contributed by atoms with E-state index >= 15 is 0 Å². The molecular formula is C16H11ClN2O5S. The van der Waals surface area contributed by atoms with Crippen molar-refractivity contribution in [1.29, 1.82) is 0 Å². The Bertz CT molecular complexity index is 994. The van der Waals surface area contributed by atoms with E-state index in [9.17, 15) is 19.5 Å². The van der Waals surface area contributed by atoms with E-state index in [1.54, 1.807) is 17.5 Å². The largest absolute Gasteiger partial charge is 0.494 e. The highest BCUT2D eigenvalue weighted by Gasteiger charge is 2.27. The molecule has 2 aromatic heterocycles. The predicted molar refractivity (Wildman–Crippen MR) is 92.8 cm³/mol. The monoisotopic (exact) mass is 378 g/mol. The summed E-state index contributed by atoms with van der Waals surface area (Å²) in [6.45, 7) is -0.625. The van der Waals surface area contributed by atoms with Gasteiger partial charge in [-0.3, -0.25) is 9.59 Å². The number of nitrogens with zero attached hydrogens (tertiary/aromatic N) is 1. The van der Waals surface area contributed by atoms with Crippen molar-refractivity contribution in [3.05, 3.63) is 51.2 Å². The SMILES string of the molecule is O=C(O)CNC(=O)n1c(O)c(C(=O)c2cccs2)c2cc(Cl)ccc21. The lowest BCUT2D eigenvalue weighted by molar-refractivity contribution is -0.135. The molecule has 25 heavy (non-hydrogen) atoms. The Hall–Kier alpha value is -2.84. The second-order valence-electron chi connectivity index (χ2n) is 5.05. The van der Waals surface area contributed by atoms with Crippen molar-refractivity contribution in [2.75, 3.05) is 6.54 Å². The predicted octanol–water partition coefficient (Wildman–Crippen LogP) is 2.94. The zero-order chi connectivity index (χ0) is 18.1. The molecule has 0 bridgehead atoms. The number of ketones is 1. The van der Waals surface area contributed by atoms with Crippen molar-refractivity contribution in [3.63, 3.8) is 0 Å². The maximum Gasteiger partial charge on any atom is 0.329 e. The Morgan fingerprint density at radius 1 is 1.24 bits per heavy atom. The summed E-state index contributed by atoms with van der Waals surface area (Å²) in [6, 6.07) is 6.88. The van der Waals surface area contributed by atoms with Crippen molar-refractivity contribution in [2.45, 2.75) is 0 Å². The van der Waals surface area contributed by atoms with Gasteiger partial charge in [-0.1, -0.05) is 17.7 Å². The number of carboxylic acids is 1. The Morgan fingerprint density at radius 3 is 2.64 bits per heavy atom. The van der Waals surface area contributed by atoms with E-state index in [-0.39, 0.29) is 11.1 Å². The fourth-order valence-corrected chi connectivity index (χ4v) is 3.28. The lowest BCUT2D eigenvalue weighted by Crippen LogP contribution is -2.32. The molecule has 3 aromatic rings. The van der Waals surface area contributed by atoms with Crippen LogP contribution in [-0.4, -0.2) is 39.1 Å². The van der Waals surface area contributed by atoms with Crippen molar-refractivity contribution in [2.24, 2.45) is 0 Å². The van der Waals surface area contributed by atoms with Crippen LogP contribution in [0.15, 0.2) is 35.7 Å². The van der Waals surface area contributed by atoms with E-state index in [1.165, 1.54) is 29.5 Å². The van der Waals surface area contributed by atoms with Gasteiger partial charge in [-0.2, -0.15) is 0 Å². The number of carboxylic acid groups (broad SMARTS) is 1. The Balaban J connectivity index is 2.18. The second kappa shape index (κ2) is 6.58. The number of hydrogen-bond donors (Lipinski definition) is 3. The van der Waals surface area contributed by atoms with Gasteiger partial charge in [0.1, 0.15) is 6.54 Å². The van der Waals surface area contributed by atoms with E-state index in [1.807, 2.05) is 0 Å². The molecule has 0 unspecified atom stereocenters. The maximum absolute atomic E-state index is 12.7. The van der Waals surface area contributed by atoms with Gasteiger partial charge in [0, 0.05) is 10.4 Å². The number of fused-ring (bicyclic) bond motifs is 1. The summed E-state index contributed by atoms with van der Waals surface area (Å²) < 4.78 is 0.857. The number of halogens is 1. The van der Waals surface area contributed by atoms with Crippen LogP contribution in [0.25, 0.3) is 10.9 Å². The highest BCUT2D eigenvalue weighted by atomic mass is 35.5. The summed E-state index contributed by atoms with van der Waals surface area (Å²) in [7, 11) is 0.